The second-order valence-electron chi connectivity index (χ2n) is 5.94. The molecule has 3 rings (SSSR count). The van der Waals surface area contributed by atoms with Gasteiger partial charge in [0.05, 0.1) is 5.92 Å². The van der Waals surface area contributed by atoms with Crippen LogP contribution < -0.4 is 5.56 Å². The van der Waals surface area contributed by atoms with Crippen molar-refractivity contribution in [1.29, 1.82) is 0 Å². The van der Waals surface area contributed by atoms with Gasteiger partial charge < -0.3 is 9.88 Å². The molecule has 1 aliphatic rings. The number of halogens is 3. The number of aromatic nitrogens is 4. The van der Waals surface area contributed by atoms with Crippen molar-refractivity contribution in [2.24, 2.45) is 5.92 Å². The van der Waals surface area contributed by atoms with Gasteiger partial charge in [-0.25, -0.2) is 9.67 Å². The monoisotopic (exact) mass is 355 g/mol. The average Bonchev–Trinajstić information content (AvgIpc) is 3.02. The Balaban J connectivity index is 1.72. The number of carbonyl (C=O) groups excluding carboxylic acids is 1. The second-order valence-corrected chi connectivity index (χ2v) is 5.94. The molecule has 1 amide bonds. The molecule has 2 aromatic heterocycles. The quantitative estimate of drug-likeness (QED) is 0.888. The number of nitrogens with zero attached hydrogens (tertiary/aromatic N) is 4. The minimum absolute atomic E-state index is 0.0399. The van der Waals surface area contributed by atoms with Crippen LogP contribution in [-0.2, 0) is 0 Å². The number of hydrogen-bond acceptors (Lipinski definition) is 4. The zero-order valence-corrected chi connectivity index (χ0v) is 13.4. The Morgan fingerprint density at radius 1 is 1.32 bits per heavy atom. The Labute approximate surface area is 140 Å². The highest BCUT2D eigenvalue weighted by Gasteiger charge is 2.41. The van der Waals surface area contributed by atoms with Crippen LogP contribution in [0.2, 0.25) is 0 Å². The highest BCUT2D eigenvalue weighted by Crippen LogP contribution is 2.34. The number of H-pyrrole nitrogens is 1. The highest BCUT2D eigenvalue weighted by molar-refractivity contribution is 5.92. The first-order chi connectivity index (χ1) is 11.7. The number of alkyl halides is 3. The van der Waals surface area contributed by atoms with E-state index in [-0.39, 0.29) is 43.0 Å². The summed E-state index contributed by atoms with van der Waals surface area (Å²) in [6, 6.07) is 2.69. The molecule has 1 fully saturated rings. The van der Waals surface area contributed by atoms with Crippen LogP contribution in [0.15, 0.2) is 23.1 Å². The first-order valence-electron chi connectivity index (χ1n) is 7.74. The Hall–Kier alpha value is -2.65. The van der Waals surface area contributed by atoms with E-state index in [9.17, 15) is 22.8 Å². The van der Waals surface area contributed by atoms with E-state index < -0.39 is 18.0 Å². The lowest BCUT2D eigenvalue weighted by atomic mass is 9.96. The van der Waals surface area contributed by atoms with Gasteiger partial charge in [-0.05, 0) is 25.8 Å². The van der Waals surface area contributed by atoms with E-state index in [2.05, 4.69) is 15.1 Å². The summed E-state index contributed by atoms with van der Waals surface area (Å²) in [5, 5.41) is 4.09. The third kappa shape index (κ3) is 3.72. The van der Waals surface area contributed by atoms with E-state index >= 15 is 0 Å². The molecule has 1 saturated heterocycles. The molecule has 7 nitrogen and oxygen atoms in total. The largest absolute Gasteiger partial charge is 0.391 e. The number of aromatic amines is 1. The van der Waals surface area contributed by atoms with E-state index in [1.54, 1.807) is 6.92 Å². The molecule has 0 radical (unpaired) electrons. The summed E-state index contributed by atoms with van der Waals surface area (Å²) in [4.78, 5) is 31.9. The standard InChI is InChI=1S/C15H16F3N5O2/c1-9-19-12(8-13(24)20-9)23-7-4-11(21-23)14(25)22-5-2-10(3-6-22)15(16,17)18/h4,7-8,10H,2-3,5-6H2,1H3,(H,19,20,24). The molecule has 0 aromatic carbocycles. The van der Waals surface area contributed by atoms with Gasteiger partial charge in [-0.15, -0.1) is 0 Å². The van der Waals surface area contributed by atoms with E-state index in [0.717, 1.165) is 0 Å². The first kappa shape index (κ1) is 17.2. The molecule has 2 aromatic rings. The number of nitrogens with one attached hydrogen (secondary N) is 1. The fourth-order valence-electron chi connectivity index (χ4n) is 2.82. The lowest BCUT2D eigenvalue weighted by Gasteiger charge is -2.32. The van der Waals surface area contributed by atoms with Crippen LogP contribution in [-0.4, -0.2) is 49.8 Å². The van der Waals surface area contributed by atoms with Crippen molar-refractivity contribution < 1.29 is 18.0 Å². The lowest BCUT2D eigenvalue weighted by Crippen LogP contribution is -2.42. The molecule has 1 N–H and O–H groups in total. The maximum Gasteiger partial charge on any atom is 0.391 e. The van der Waals surface area contributed by atoms with Gasteiger partial charge in [-0.1, -0.05) is 0 Å². The molecule has 0 spiro atoms. The van der Waals surface area contributed by atoms with E-state index in [1.165, 1.54) is 27.9 Å². The Morgan fingerprint density at radius 2 is 2.00 bits per heavy atom. The predicted molar refractivity (Wildman–Crippen MR) is 81.4 cm³/mol. The van der Waals surface area contributed by atoms with Crippen LogP contribution in [0.4, 0.5) is 13.2 Å². The molecule has 0 aliphatic carbocycles. The zero-order chi connectivity index (χ0) is 18.2. The van der Waals surface area contributed by atoms with Crippen LogP contribution in [0.1, 0.15) is 29.2 Å². The summed E-state index contributed by atoms with van der Waals surface area (Å²) in [5.74, 6) is -1.13. The normalized spacial score (nSPS) is 16.2. The van der Waals surface area contributed by atoms with Gasteiger partial charge in [0.1, 0.15) is 5.82 Å². The van der Waals surface area contributed by atoms with Crippen molar-refractivity contribution >= 4 is 5.91 Å². The number of amides is 1. The molecule has 0 atom stereocenters. The minimum Gasteiger partial charge on any atom is -0.337 e. The maximum absolute atomic E-state index is 12.7. The van der Waals surface area contributed by atoms with Gasteiger partial charge in [0.2, 0.25) is 0 Å². The third-order valence-electron chi connectivity index (χ3n) is 4.13. The van der Waals surface area contributed by atoms with Crippen LogP contribution in [0.5, 0.6) is 0 Å². The number of likely N-dealkylation sites (tertiary alicyclic amines) is 1. The second kappa shape index (κ2) is 6.34. The summed E-state index contributed by atoms with van der Waals surface area (Å²) >= 11 is 0. The fraction of sp³-hybridized carbons (Fsp3) is 0.467. The summed E-state index contributed by atoms with van der Waals surface area (Å²) in [6.07, 6.45) is -2.95. The van der Waals surface area contributed by atoms with Gasteiger partial charge in [-0.3, -0.25) is 9.59 Å². The van der Waals surface area contributed by atoms with Gasteiger partial charge in [0.15, 0.2) is 11.5 Å². The Morgan fingerprint density at radius 3 is 2.60 bits per heavy atom. The van der Waals surface area contributed by atoms with Gasteiger partial charge in [-0.2, -0.15) is 18.3 Å². The SMILES string of the molecule is Cc1nc(-n2ccc(C(=O)N3CCC(C(F)(F)F)CC3)n2)cc(=O)[nH]1. The molecule has 10 heteroatoms. The molecule has 25 heavy (non-hydrogen) atoms. The van der Waals surface area contributed by atoms with Crippen molar-refractivity contribution in [2.75, 3.05) is 13.1 Å². The van der Waals surface area contributed by atoms with Crippen LogP contribution in [0.25, 0.3) is 5.82 Å². The molecule has 0 unspecified atom stereocenters. The maximum atomic E-state index is 12.7. The number of carbonyl (C=O) groups is 1. The molecule has 3 heterocycles. The van der Waals surface area contributed by atoms with E-state index in [1.807, 2.05) is 0 Å². The highest BCUT2D eigenvalue weighted by atomic mass is 19.4. The zero-order valence-electron chi connectivity index (χ0n) is 13.4. The average molecular weight is 355 g/mol. The Kier molecular flexibility index (Phi) is 4.36. The molecular weight excluding hydrogens is 339 g/mol. The number of aryl methyl sites for hydroxylation is 1. The summed E-state index contributed by atoms with van der Waals surface area (Å²) in [6.45, 7) is 1.70. The van der Waals surface area contributed by atoms with Crippen molar-refractivity contribution in [1.82, 2.24) is 24.6 Å². The molecule has 1 aliphatic heterocycles. The molecule has 0 bridgehead atoms. The minimum atomic E-state index is -4.22. The van der Waals surface area contributed by atoms with Crippen molar-refractivity contribution in [2.45, 2.75) is 25.9 Å². The molecule has 134 valence electrons. The predicted octanol–water partition coefficient (Wildman–Crippen LogP) is 1.68. The van der Waals surface area contributed by atoms with Crippen LogP contribution in [0, 0.1) is 12.8 Å². The van der Waals surface area contributed by atoms with Crippen molar-refractivity contribution in [3.05, 3.63) is 40.2 Å². The van der Waals surface area contributed by atoms with Crippen molar-refractivity contribution in [3.8, 4) is 5.82 Å². The van der Waals surface area contributed by atoms with Gasteiger partial charge in [0.25, 0.3) is 11.5 Å². The van der Waals surface area contributed by atoms with Crippen LogP contribution >= 0.6 is 0 Å². The summed E-state index contributed by atoms with van der Waals surface area (Å²) in [5.41, 5.74) is -0.245. The van der Waals surface area contributed by atoms with E-state index in [0.29, 0.717) is 5.82 Å². The number of hydrogen-bond donors (Lipinski definition) is 1. The van der Waals surface area contributed by atoms with Gasteiger partial charge >= 0.3 is 6.18 Å². The summed E-state index contributed by atoms with van der Waals surface area (Å²) in [7, 11) is 0. The first-order valence-corrected chi connectivity index (χ1v) is 7.74. The topological polar surface area (TPSA) is 83.9 Å². The summed E-state index contributed by atoms with van der Waals surface area (Å²) < 4.78 is 39.4. The Bertz CT molecular complexity index is 834. The number of piperidine rings is 1. The smallest absolute Gasteiger partial charge is 0.337 e. The molecular formula is C15H16F3N5O2. The third-order valence-corrected chi connectivity index (χ3v) is 4.13. The van der Waals surface area contributed by atoms with Crippen LogP contribution in [0.3, 0.4) is 0 Å². The van der Waals surface area contributed by atoms with Gasteiger partial charge in [0, 0.05) is 25.4 Å². The lowest BCUT2D eigenvalue weighted by molar-refractivity contribution is -0.183. The van der Waals surface area contributed by atoms with Crippen molar-refractivity contribution in [3.63, 3.8) is 0 Å². The molecule has 0 saturated carbocycles. The number of rotatable bonds is 2. The van der Waals surface area contributed by atoms with E-state index in [4.69, 9.17) is 0 Å². The fourth-order valence-corrected chi connectivity index (χ4v) is 2.82.